The van der Waals surface area contributed by atoms with Crippen molar-refractivity contribution in [1.29, 1.82) is 0 Å². The van der Waals surface area contributed by atoms with Crippen LogP contribution in [-0.2, 0) is 6.54 Å². The summed E-state index contributed by atoms with van der Waals surface area (Å²) < 4.78 is 0. The van der Waals surface area contributed by atoms with E-state index in [1.54, 1.807) is 0 Å². The summed E-state index contributed by atoms with van der Waals surface area (Å²) in [4.78, 5) is 14.6. The van der Waals surface area contributed by atoms with Crippen LogP contribution in [0.25, 0.3) is 0 Å². The van der Waals surface area contributed by atoms with E-state index in [2.05, 4.69) is 22.3 Å². The second-order valence-corrected chi connectivity index (χ2v) is 4.90. The summed E-state index contributed by atoms with van der Waals surface area (Å²) in [6.07, 6.45) is 0. The number of fused-ring (bicyclic) bond motifs is 1. The van der Waals surface area contributed by atoms with Crippen molar-refractivity contribution in [2.45, 2.75) is 6.54 Å². The number of hydrogen-bond donors (Lipinski definition) is 1. The monoisotopic (exact) mass is 244 g/mol. The minimum Gasteiger partial charge on any atom is -0.348 e. The molecule has 1 aliphatic rings. The maximum absolute atomic E-state index is 11.6. The molecule has 1 aromatic carbocycles. The third-order valence-corrected chi connectivity index (χ3v) is 3.74. The Balaban J connectivity index is 1.87. The smallest absolute Gasteiger partial charge is 0.264 e. The summed E-state index contributed by atoms with van der Waals surface area (Å²) in [5, 5.41) is 4.86. The average Bonchev–Trinajstić information content (AvgIpc) is 2.84. The molecule has 2 aromatic rings. The Morgan fingerprint density at radius 1 is 1.24 bits per heavy atom. The largest absolute Gasteiger partial charge is 0.348 e. The molecular formula is C13H12N2OS. The van der Waals surface area contributed by atoms with Gasteiger partial charge in [0.15, 0.2) is 0 Å². The van der Waals surface area contributed by atoms with Gasteiger partial charge in [0.1, 0.15) is 4.88 Å². The molecule has 3 rings (SSSR count). The van der Waals surface area contributed by atoms with Gasteiger partial charge in [-0.3, -0.25) is 4.79 Å². The molecule has 0 unspecified atom stereocenters. The summed E-state index contributed by atoms with van der Waals surface area (Å²) in [6.45, 7) is 1.41. The molecule has 0 saturated carbocycles. The number of carbonyl (C=O) groups excluding carboxylic acids is 1. The van der Waals surface area contributed by atoms with E-state index in [9.17, 15) is 4.79 Å². The van der Waals surface area contributed by atoms with Crippen molar-refractivity contribution in [2.24, 2.45) is 0 Å². The number of thiophene rings is 1. The fraction of sp³-hybridized carbons (Fsp3) is 0.154. The molecule has 17 heavy (non-hydrogen) atoms. The van der Waals surface area contributed by atoms with Gasteiger partial charge in [-0.25, -0.2) is 0 Å². The Labute approximate surface area is 104 Å². The average molecular weight is 244 g/mol. The van der Waals surface area contributed by atoms with Crippen LogP contribution in [-0.4, -0.2) is 12.6 Å². The van der Waals surface area contributed by atoms with E-state index in [-0.39, 0.29) is 5.91 Å². The van der Waals surface area contributed by atoms with Crippen LogP contribution in [0.15, 0.2) is 41.8 Å². The number of nitrogens with zero attached hydrogens (tertiary/aromatic N) is 1. The topological polar surface area (TPSA) is 32.3 Å². The number of nitrogens with one attached hydrogen (secondary N) is 1. The second kappa shape index (κ2) is 4.22. The van der Waals surface area contributed by atoms with Gasteiger partial charge in [0.25, 0.3) is 5.91 Å². The number of anilines is 1. The van der Waals surface area contributed by atoms with Gasteiger partial charge in [0.05, 0.1) is 12.4 Å². The lowest BCUT2D eigenvalue weighted by molar-refractivity contribution is 0.0951. The lowest BCUT2D eigenvalue weighted by Gasteiger charge is -2.29. The lowest BCUT2D eigenvalue weighted by atomic mass is 10.2. The number of benzene rings is 1. The molecule has 1 aromatic heterocycles. The van der Waals surface area contributed by atoms with Gasteiger partial charge in [-0.15, -0.1) is 11.3 Å². The number of hydrogen-bond acceptors (Lipinski definition) is 3. The van der Waals surface area contributed by atoms with Crippen LogP contribution in [0, 0.1) is 0 Å². The highest BCUT2D eigenvalue weighted by Crippen LogP contribution is 2.29. The number of rotatable bonds is 2. The van der Waals surface area contributed by atoms with Gasteiger partial charge < -0.3 is 10.2 Å². The molecule has 2 heterocycles. The van der Waals surface area contributed by atoms with Crippen molar-refractivity contribution in [3.05, 3.63) is 52.2 Å². The molecule has 0 fully saturated rings. The highest BCUT2D eigenvalue weighted by Gasteiger charge is 2.23. The Bertz CT molecular complexity index is 535. The van der Waals surface area contributed by atoms with Gasteiger partial charge in [-0.2, -0.15) is 0 Å². The van der Waals surface area contributed by atoms with Gasteiger partial charge in [-0.05, 0) is 17.0 Å². The minimum absolute atomic E-state index is 0.0410. The molecule has 3 nitrogen and oxygen atoms in total. The SMILES string of the molecule is O=C1NCN(Cc2ccccc2)c2ccsc21. The molecular weight excluding hydrogens is 232 g/mol. The molecule has 0 spiro atoms. The van der Waals surface area contributed by atoms with Crippen molar-refractivity contribution in [3.63, 3.8) is 0 Å². The van der Waals surface area contributed by atoms with Crippen molar-refractivity contribution in [2.75, 3.05) is 11.6 Å². The first-order valence-corrected chi connectivity index (χ1v) is 6.37. The van der Waals surface area contributed by atoms with Crippen LogP contribution in [0.2, 0.25) is 0 Å². The second-order valence-electron chi connectivity index (χ2n) is 3.98. The predicted molar refractivity (Wildman–Crippen MR) is 69.3 cm³/mol. The molecule has 1 N–H and O–H groups in total. The van der Waals surface area contributed by atoms with Gasteiger partial charge in [0, 0.05) is 6.54 Å². The number of carbonyl (C=O) groups is 1. The van der Waals surface area contributed by atoms with E-state index in [0.29, 0.717) is 6.67 Å². The highest BCUT2D eigenvalue weighted by molar-refractivity contribution is 7.12. The zero-order chi connectivity index (χ0) is 11.7. The molecule has 4 heteroatoms. The fourth-order valence-corrected chi connectivity index (χ4v) is 2.83. The van der Waals surface area contributed by atoms with Crippen molar-refractivity contribution in [1.82, 2.24) is 5.32 Å². The van der Waals surface area contributed by atoms with Crippen molar-refractivity contribution >= 4 is 22.9 Å². The van der Waals surface area contributed by atoms with Gasteiger partial charge in [-0.1, -0.05) is 30.3 Å². The van der Waals surface area contributed by atoms with E-state index in [1.165, 1.54) is 16.9 Å². The van der Waals surface area contributed by atoms with Crippen LogP contribution >= 0.6 is 11.3 Å². The molecule has 0 aliphatic carbocycles. The van der Waals surface area contributed by atoms with E-state index in [0.717, 1.165) is 17.1 Å². The van der Waals surface area contributed by atoms with Gasteiger partial charge in [0.2, 0.25) is 0 Å². The Morgan fingerprint density at radius 3 is 2.88 bits per heavy atom. The molecule has 0 atom stereocenters. The normalized spacial score (nSPS) is 14.4. The quantitative estimate of drug-likeness (QED) is 0.880. The molecule has 0 bridgehead atoms. The molecule has 86 valence electrons. The summed E-state index contributed by atoms with van der Waals surface area (Å²) in [5.41, 5.74) is 2.29. The molecule has 1 amide bonds. The predicted octanol–water partition coefficient (Wildman–Crippen LogP) is 2.46. The van der Waals surface area contributed by atoms with Crippen LogP contribution in [0.1, 0.15) is 15.2 Å². The first-order valence-electron chi connectivity index (χ1n) is 5.49. The summed E-state index contributed by atoms with van der Waals surface area (Å²) in [6, 6.07) is 12.3. The maximum Gasteiger partial charge on any atom is 0.264 e. The Hall–Kier alpha value is -1.81. The Morgan fingerprint density at radius 2 is 2.06 bits per heavy atom. The Kier molecular flexibility index (Phi) is 2.57. The van der Waals surface area contributed by atoms with E-state index in [4.69, 9.17) is 0 Å². The van der Waals surface area contributed by atoms with Crippen molar-refractivity contribution in [3.8, 4) is 0 Å². The van der Waals surface area contributed by atoms with Gasteiger partial charge >= 0.3 is 0 Å². The maximum atomic E-state index is 11.6. The lowest BCUT2D eigenvalue weighted by Crippen LogP contribution is -2.42. The van der Waals surface area contributed by atoms with Crippen LogP contribution in [0.3, 0.4) is 0 Å². The molecule has 1 aliphatic heterocycles. The third kappa shape index (κ3) is 1.91. The van der Waals surface area contributed by atoms with E-state index in [1.807, 2.05) is 29.6 Å². The molecule has 0 saturated heterocycles. The fourth-order valence-electron chi connectivity index (χ4n) is 2.00. The zero-order valence-electron chi connectivity index (χ0n) is 9.22. The molecule has 0 radical (unpaired) electrons. The zero-order valence-corrected chi connectivity index (χ0v) is 10.0. The number of amides is 1. The third-order valence-electron chi connectivity index (χ3n) is 2.84. The standard InChI is InChI=1S/C13H12N2OS/c16-13-12-11(6-7-17-12)15(9-14-13)8-10-4-2-1-3-5-10/h1-7H,8-9H2,(H,14,16). The van der Waals surface area contributed by atoms with Crippen LogP contribution < -0.4 is 10.2 Å². The summed E-state index contributed by atoms with van der Waals surface area (Å²) in [7, 11) is 0. The van der Waals surface area contributed by atoms with E-state index >= 15 is 0 Å². The van der Waals surface area contributed by atoms with Crippen molar-refractivity contribution < 1.29 is 4.79 Å². The summed E-state index contributed by atoms with van der Waals surface area (Å²) >= 11 is 1.49. The van der Waals surface area contributed by atoms with E-state index < -0.39 is 0 Å². The minimum atomic E-state index is 0.0410. The highest BCUT2D eigenvalue weighted by atomic mass is 32.1. The van der Waals surface area contributed by atoms with Crippen LogP contribution in [0.4, 0.5) is 5.69 Å². The van der Waals surface area contributed by atoms with Crippen LogP contribution in [0.5, 0.6) is 0 Å². The first kappa shape index (κ1) is 10.4. The first-order chi connectivity index (χ1) is 8.34. The summed E-state index contributed by atoms with van der Waals surface area (Å²) in [5.74, 6) is 0.0410.